The first-order valence-electron chi connectivity index (χ1n) is 7.13. The molecular formula is C16H26FN3. The highest BCUT2D eigenvalue weighted by atomic mass is 19.1. The second-order valence-corrected chi connectivity index (χ2v) is 5.74. The maximum absolute atomic E-state index is 13.9. The summed E-state index contributed by atoms with van der Waals surface area (Å²) in [6.07, 6.45) is 1.03. The van der Waals surface area contributed by atoms with Crippen molar-refractivity contribution in [1.29, 1.82) is 0 Å². The molecule has 112 valence electrons. The molecule has 0 aliphatic rings. The average Bonchev–Trinajstić information content (AvgIpc) is 2.43. The number of hydrogen-bond donors (Lipinski definition) is 2. The van der Waals surface area contributed by atoms with Crippen molar-refractivity contribution in [3.8, 4) is 0 Å². The molecule has 0 spiro atoms. The van der Waals surface area contributed by atoms with Gasteiger partial charge in [-0.1, -0.05) is 39.0 Å². The smallest absolute Gasteiger partial charge is 0.191 e. The highest BCUT2D eigenvalue weighted by Gasteiger charge is 2.24. The Kier molecular flexibility index (Phi) is 5.99. The summed E-state index contributed by atoms with van der Waals surface area (Å²) in [5.74, 6) is 0.591. The Balaban J connectivity index is 2.70. The van der Waals surface area contributed by atoms with E-state index in [0.717, 1.165) is 12.4 Å². The number of nitrogens with one attached hydrogen (secondary N) is 2. The Bertz CT molecular complexity index is 455. The summed E-state index contributed by atoms with van der Waals surface area (Å²) in [5, 5.41) is 6.57. The van der Waals surface area contributed by atoms with Gasteiger partial charge in [-0.05, 0) is 25.0 Å². The number of aliphatic imine (C=N–C) groups is 1. The molecule has 0 saturated heterocycles. The van der Waals surface area contributed by atoms with E-state index in [9.17, 15) is 4.39 Å². The van der Waals surface area contributed by atoms with E-state index in [4.69, 9.17) is 0 Å². The number of rotatable bonds is 5. The van der Waals surface area contributed by atoms with Crippen LogP contribution in [0.25, 0.3) is 0 Å². The van der Waals surface area contributed by atoms with Gasteiger partial charge < -0.3 is 10.6 Å². The number of nitrogens with zero attached hydrogens (tertiary/aromatic N) is 1. The zero-order valence-electron chi connectivity index (χ0n) is 13.1. The van der Waals surface area contributed by atoms with Gasteiger partial charge in [0.25, 0.3) is 0 Å². The minimum Gasteiger partial charge on any atom is -0.356 e. The summed E-state index contributed by atoms with van der Waals surface area (Å²) in [6, 6.07) is 7.28. The van der Waals surface area contributed by atoms with Gasteiger partial charge in [0.1, 0.15) is 5.82 Å². The van der Waals surface area contributed by atoms with Gasteiger partial charge in [0, 0.05) is 25.0 Å². The van der Waals surface area contributed by atoms with Gasteiger partial charge in [0.15, 0.2) is 5.96 Å². The van der Waals surface area contributed by atoms with Crippen LogP contribution in [0.1, 0.15) is 39.7 Å². The van der Waals surface area contributed by atoms with Crippen molar-refractivity contribution in [3.05, 3.63) is 35.6 Å². The van der Waals surface area contributed by atoms with Crippen LogP contribution in [-0.4, -0.2) is 25.6 Å². The first-order valence-corrected chi connectivity index (χ1v) is 7.13. The summed E-state index contributed by atoms with van der Waals surface area (Å²) in [6.45, 7) is 8.89. The van der Waals surface area contributed by atoms with Crippen LogP contribution >= 0.6 is 0 Å². The fourth-order valence-electron chi connectivity index (χ4n) is 1.94. The molecule has 0 aliphatic heterocycles. The van der Waals surface area contributed by atoms with Gasteiger partial charge >= 0.3 is 0 Å². The van der Waals surface area contributed by atoms with Crippen molar-refractivity contribution in [2.24, 2.45) is 4.99 Å². The minimum atomic E-state index is -0.307. The second-order valence-electron chi connectivity index (χ2n) is 5.74. The molecule has 3 nitrogen and oxygen atoms in total. The molecule has 1 aromatic carbocycles. The molecule has 0 bridgehead atoms. The second kappa shape index (κ2) is 7.27. The van der Waals surface area contributed by atoms with E-state index in [1.54, 1.807) is 13.1 Å². The van der Waals surface area contributed by atoms with Crippen molar-refractivity contribution in [2.75, 3.05) is 13.6 Å². The Labute approximate surface area is 121 Å². The molecule has 1 rings (SSSR count). The Hall–Kier alpha value is -1.58. The third kappa shape index (κ3) is 4.51. The molecule has 1 atom stereocenters. The molecule has 0 fully saturated rings. The van der Waals surface area contributed by atoms with E-state index in [0.29, 0.717) is 18.2 Å². The molecular weight excluding hydrogens is 253 g/mol. The van der Waals surface area contributed by atoms with Gasteiger partial charge in [-0.25, -0.2) is 4.39 Å². The predicted octanol–water partition coefficient (Wildman–Crippen LogP) is 3.07. The lowest BCUT2D eigenvalue weighted by molar-refractivity contribution is 0.471. The van der Waals surface area contributed by atoms with Crippen molar-refractivity contribution in [2.45, 2.75) is 45.6 Å². The SMILES string of the molecule is CCC(C)NC(=NC)NCC(C)(C)c1ccccc1F. The molecule has 4 heteroatoms. The third-order valence-corrected chi connectivity index (χ3v) is 3.52. The van der Waals surface area contributed by atoms with E-state index in [-0.39, 0.29) is 11.2 Å². The molecule has 0 aliphatic carbocycles. The fourth-order valence-corrected chi connectivity index (χ4v) is 1.94. The maximum Gasteiger partial charge on any atom is 0.191 e. The lowest BCUT2D eigenvalue weighted by atomic mass is 9.84. The van der Waals surface area contributed by atoms with Gasteiger partial charge in [0.2, 0.25) is 0 Å². The van der Waals surface area contributed by atoms with Crippen LogP contribution in [0.4, 0.5) is 4.39 Å². The molecule has 0 saturated carbocycles. The largest absolute Gasteiger partial charge is 0.356 e. The number of halogens is 1. The van der Waals surface area contributed by atoms with Gasteiger partial charge in [0.05, 0.1) is 0 Å². The molecule has 2 N–H and O–H groups in total. The van der Waals surface area contributed by atoms with Crippen LogP contribution in [0.15, 0.2) is 29.3 Å². The zero-order chi connectivity index (χ0) is 15.2. The normalized spacial score (nSPS) is 14.0. The molecule has 1 aromatic rings. The summed E-state index contributed by atoms with van der Waals surface area (Å²) in [7, 11) is 1.74. The molecule has 1 unspecified atom stereocenters. The van der Waals surface area contributed by atoms with Crippen LogP contribution in [0.5, 0.6) is 0 Å². The number of guanidine groups is 1. The predicted molar refractivity (Wildman–Crippen MR) is 83.7 cm³/mol. The molecule has 0 aromatic heterocycles. The van der Waals surface area contributed by atoms with Gasteiger partial charge in [-0.3, -0.25) is 4.99 Å². The summed E-state index contributed by atoms with van der Waals surface area (Å²) in [4.78, 5) is 4.20. The molecule has 0 amide bonds. The summed E-state index contributed by atoms with van der Waals surface area (Å²) >= 11 is 0. The molecule has 0 radical (unpaired) electrons. The summed E-state index contributed by atoms with van der Waals surface area (Å²) < 4.78 is 13.9. The van der Waals surface area contributed by atoms with E-state index in [1.165, 1.54) is 6.07 Å². The third-order valence-electron chi connectivity index (χ3n) is 3.52. The van der Waals surface area contributed by atoms with Crippen molar-refractivity contribution in [1.82, 2.24) is 10.6 Å². The lowest BCUT2D eigenvalue weighted by Crippen LogP contribution is -2.46. The van der Waals surface area contributed by atoms with Crippen LogP contribution in [0.2, 0.25) is 0 Å². The zero-order valence-corrected chi connectivity index (χ0v) is 13.1. The topological polar surface area (TPSA) is 36.4 Å². The van der Waals surface area contributed by atoms with E-state index < -0.39 is 0 Å². The fraction of sp³-hybridized carbons (Fsp3) is 0.562. The molecule has 20 heavy (non-hydrogen) atoms. The first-order chi connectivity index (χ1) is 9.40. The lowest BCUT2D eigenvalue weighted by Gasteiger charge is -2.27. The van der Waals surface area contributed by atoms with E-state index >= 15 is 0 Å². The van der Waals surface area contributed by atoms with E-state index in [2.05, 4.69) is 29.5 Å². The van der Waals surface area contributed by atoms with Crippen molar-refractivity contribution < 1.29 is 4.39 Å². The first kappa shape index (κ1) is 16.5. The van der Waals surface area contributed by atoms with Gasteiger partial charge in [-0.2, -0.15) is 0 Å². The van der Waals surface area contributed by atoms with Crippen LogP contribution in [-0.2, 0) is 5.41 Å². The van der Waals surface area contributed by atoms with Crippen molar-refractivity contribution in [3.63, 3.8) is 0 Å². The van der Waals surface area contributed by atoms with Crippen molar-refractivity contribution >= 4 is 5.96 Å². The Morgan fingerprint density at radius 3 is 2.55 bits per heavy atom. The average molecular weight is 279 g/mol. The van der Waals surface area contributed by atoms with E-state index in [1.807, 2.05) is 26.0 Å². The highest BCUT2D eigenvalue weighted by molar-refractivity contribution is 5.80. The minimum absolute atomic E-state index is 0.163. The maximum atomic E-state index is 13.9. The highest BCUT2D eigenvalue weighted by Crippen LogP contribution is 2.24. The van der Waals surface area contributed by atoms with Crippen LogP contribution < -0.4 is 10.6 Å². The standard InChI is InChI=1S/C16H26FN3/c1-6-12(2)20-15(18-5)19-11-16(3,4)13-9-7-8-10-14(13)17/h7-10,12H,6,11H2,1-5H3,(H2,18,19,20). The van der Waals surface area contributed by atoms with Crippen LogP contribution in [0.3, 0.4) is 0 Å². The summed E-state index contributed by atoms with van der Waals surface area (Å²) in [5.41, 5.74) is 0.407. The van der Waals surface area contributed by atoms with Gasteiger partial charge in [-0.15, -0.1) is 0 Å². The van der Waals surface area contributed by atoms with Crippen LogP contribution in [0, 0.1) is 5.82 Å². The molecule has 0 heterocycles. The Morgan fingerprint density at radius 1 is 1.35 bits per heavy atom. The quantitative estimate of drug-likeness (QED) is 0.642. The Morgan fingerprint density at radius 2 is 2.00 bits per heavy atom. The monoisotopic (exact) mass is 279 g/mol. The number of benzene rings is 1. The number of hydrogen-bond acceptors (Lipinski definition) is 1.